The monoisotopic (exact) mass is 1010 g/mol. The molecule has 0 spiro atoms. The summed E-state index contributed by atoms with van der Waals surface area (Å²) in [6.07, 6.45) is 66.5. The molecule has 0 saturated carbocycles. The summed E-state index contributed by atoms with van der Waals surface area (Å²) in [5.41, 5.74) is 0. The molecule has 72 heavy (non-hydrogen) atoms. The Morgan fingerprint density at radius 2 is 0.875 bits per heavy atom. The molecular formula is C63H111NO8. The summed E-state index contributed by atoms with van der Waals surface area (Å²) >= 11 is 0. The number of carbonyl (C=O) groups is 1. The summed E-state index contributed by atoms with van der Waals surface area (Å²) in [7, 11) is 0. The number of ether oxygens (including phenoxy) is 2. The molecule has 7 atom stereocenters. The van der Waals surface area contributed by atoms with Gasteiger partial charge in [0, 0.05) is 6.42 Å². The zero-order valence-corrected chi connectivity index (χ0v) is 46.2. The predicted molar refractivity (Wildman–Crippen MR) is 304 cm³/mol. The van der Waals surface area contributed by atoms with E-state index >= 15 is 0 Å². The first-order chi connectivity index (χ1) is 35.3. The molecule has 0 bridgehead atoms. The average molecular weight is 1010 g/mol. The summed E-state index contributed by atoms with van der Waals surface area (Å²) < 4.78 is 11.3. The lowest BCUT2D eigenvalue weighted by Crippen LogP contribution is -2.60. The lowest BCUT2D eigenvalue weighted by molar-refractivity contribution is -0.302. The first-order valence-corrected chi connectivity index (χ1v) is 29.8. The van der Waals surface area contributed by atoms with Crippen LogP contribution < -0.4 is 5.32 Å². The molecule has 9 heteroatoms. The van der Waals surface area contributed by atoms with Crippen molar-refractivity contribution in [3.8, 4) is 0 Å². The van der Waals surface area contributed by atoms with Crippen molar-refractivity contribution >= 4 is 5.91 Å². The van der Waals surface area contributed by atoms with Crippen molar-refractivity contribution in [2.24, 2.45) is 0 Å². The molecule has 0 aromatic carbocycles. The number of nitrogens with one attached hydrogen (secondary N) is 1. The largest absolute Gasteiger partial charge is 0.394 e. The van der Waals surface area contributed by atoms with Gasteiger partial charge in [0.2, 0.25) is 5.91 Å². The zero-order valence-electron chi connectivity index (χ0n) is 46.2. The third-order valence-electron chi connectivity index (χ3n) is 13.7. The fraction of sp³-hybridized carbons (Fsp3) is 0.762. The molecule has 1 heterocycles. The van der Waals surface area contributed by atoms with E-state index in [1.807, 2.05) is 6.08 Å². The first-order valence-electron chi connectivity index (χ1n) is 29.8. The Morgan fingerprint density at radius 3 is 1.33 bits per heavy atom. The molecule has 1 aliphatic rings. The van der Waals surface area contributed by atoms with E-state index in [9.17, 15) is 30.3 Å². The van der Waals surface area contributed by atoms with Crippen LogP contribution in [0.5, 0.6) is 0 Å². The number of aliphatic hydroxyl groups excluding tert-OH is 5. The highest BCUT2D eigenvalue weighted by Crippen LogP contribution is 2.23. The number of unbranched alkanes of at least 4 members (excludes halogenated alkanes) is 28. The summed E-state index contributed by atoms with van der Waals surface area (Å²) in [5.74, 6) is -0.191. The van der Waals surface area contributed by atoms with Crippen molar-refractivity contribution in [3.63, 3.8) is 0 Å². The maximum Gasteiger partial charge on any atom is 0.220 e. The molecule has 1 amide bonds. The van der Waals surface area contributed by atoms with Gasteiger partial charge in [-0.05, 0) is 77.0 Å². The Morgan fingerprint density at radius 1 is 0.486 bits per heavy atom. The number of rotatable bonds is 50. The highest BCUT2D eigenvalue weighted by molar-refractivity contribution is 5.76. The molecule has 0 aromatic heterocycles. The van der Waals surface area contributed by atoms with Crippen LogP contribution >= 0.6 is 0 Å². The van der Waals surface area contributed by atoms with Crippen LogP contribution in [0.2, 0.25) is 0 Å². The van der Waals surface area contributed by atoms with Gasteiger partial charge in [0.15, 0.2) is 6.29 Å². The quantitative estimate of drug-likeness (QED) is 0.0261. The van der Waals surface area contributed by atoms with Crippen LogP contribution in [-0.4, -0.2) is 87.5 Å². The molecule has 6 N–H and O–H groups in total. The fourth-order valence-corrected chi connectivity index (χ4v) is 9.02. The topological polar surface area (TPSA) is 149 Å². The van der Waals surface area contributed by atoms with E-state index in [0.29, 0.717) is 6.42 Å². The van der Waals surface area contributed by atoms with Crippen LogP contribution in [0, 0.1) is 0 Å². The van der Waals surface area contributed by atoms with Crippen molar-refractivity contribution in [2.75, 3.05) is 13.2 Å². The summed E-state index contributed by atoms with van der Waals surface area (Å²) in [6.45, 7) is 3.66. The number of allylic oxidation sites excluding steroid dienone is 13. The maximum absolute atomic E-state index is 13.1. The van der Waals surface area contributed by atoms with E-state index in [-0.39, 0.29) is 12.5 Å². The van der Waals surface area contributed by atoms with Crippen LogP contribution in [0.4, 0.5) is 0 Å². The molecule has 0 aromatic rings. The first kappa shape index (κ1) is 67.4. The summed E-state index contributed by atoms with van der Waals surface area (Å²) in [5, 5.41) is 54.5. The average Bonchev–Trinajstić information content (AvgIpc) is 3.38. The second kappa shape index (κ2) is 51.8. The van der Waals surface area contributed by atoms with Crippen molar-refractivity contribution in [3.05, 3.63) is 85.1 Å². The number of aliphatic hydroxyl groups is 5. The second-order valence-electron chi connectivity index (χ2n) is 20.4. The van der Waals surface area contributed by atoms with Gasteiger partial charge >= 0.3 is 0 Å². The number of hydrogen-bond acceptors (Lipinski definition) is 8. The number of amides is 1. The van der Waals surface area contributed by atoms with E-state index in [1.165, 1.54) is 154 Å². The summed E-state index contributed by atoms with van der Waals surface area (Å²) in [6, 6.07) is -0.829. The fourth-order valence-electron chi connectivity index (χ4n) is 9.02. The molecule has 0 radical (unpaired) electrons. The van der Waals surface area contributed by atoms with E-state index in [1.54, 1.807) is 6.08 Å². The van der Waals surface area contributed by atoms with Gasteiger partial charge in [-0.3, -0.25) is 4.79 Å². The zero-order chi connectivity index (χ0) is 52.2. The highest BCUT2D eigenvalue weighted by Gasteiger charge is 2.44. The molecule has 0 aliphatic carbocycles. The minimum atomic E-state index is -1.58. The molecular weight excluding hydrogens is 899 g/mol. The van der Waals surface area contributed by atoms with Gasteiger partial charge in [0.25, 0.3) is 0 Å². The van der Waals surface area contributed by atoms with Crippen LogP contribution in [0.3, 0.4) is 0 Å². The van der Waals surface area contributed by atoms with Gasteiger partial charge in [0.1, 0.15) is 24.4 Å². The van der Waals surface area contributed by atoms with Gasteiger partial charge in [0.05, 0.1) is 25.4 Å². The van der Waals surface area contributed by atoms with E-state index in [4.69, 9.17) is 9.47 Å². The van der Waals surface area contributed by atoms with Crippen molar-refractivity contribution in [2.45, 2.75) is 294 Å². The Balaban J connectivity index is 2.24. The number of hydrogen-bond donors (Lipinski definition) is 6. The van der Waals surface area contributed by atoms with Gasteiger partial charge in [-0.2, -0.15) is 0 Å². The van der Waals surface area contributed by atoms with Crippen molar-refractivity contribution in [1.82, 2.24) is 5.32 Å². The van der Waals surface area contributed by atoms with E-state index < -0.39 is 49.5 Å². The third kappa shape index (κ3) is 40.7. The molecule has 416 valence electrons. The van der Waals surface area contributed by atoms with Gasteiger partial charge < -0.3 is 40.3 Å². The van der Waals surface area contributed by atoms with Gasteiger partial charge in [-0.15, -0.1) is 0 Å². The van der Waals surface area contributed by atoms with E-state index in [0.717, 1.165) is 77.0 Å². The van der Waals surface area contributed by atoms with Crippen LogP contribution in [-0.2, 0) is 14.3 Å². The molecule has 1 fully saturated rings. The van der Waals surface area contributed by atoms with Gasteiger partial charge in [-0.25, -0.2) is 0 Å². The normalized spacial score (nSPS) is 19.8. The highest BCUT2D eigenvalue weighted by atomic mass is 16.7. The van der Waals surface area contributed by atoms with Crippen LogP contribution in [0.15, 0.2) is 85.1 Å². The minimum absolute atomic E-state index is 0.191. The molecule has 9 nitrogen and oxygen atoms in total. The Kier molecular flexibility index (Phi) is 48.5. The molecule has 1 rings (SSSR count). The SMILES string of the molecule is CC/C=C\C/C=C\C/C=C\C/C=C\C/C=C\CCCCCCCCCCCCCC(=O)NC(COC1OC(CO)C(O)C(O)C1O)C(O)/C=C/CC/C=C/CCCCCCCCCCCCCCCCCC. The van der Waals surface area contributed by atoms with Gasteiger partial charge in [-0.1, -0.05) is 253 Å². The number of carbonyl (C=O) groups excluding carboxylic acids is 1. The Labute approximate surface area is 441 Å². The smallest absolute Gasteiger partial charge is 0.220 e. The van der Waals surface area contributed by atoms with Crippen molar-refractivity contribution < 1.29 is 39.8 Å². The maximum atomic E-state index is 13.1. The van der Waals surface area contributed by atoms with Crippen LogP contribution in [0.1, 0.15) is 251 Å². The lowest BCUT2D eigenvalue weighted by atomic mass is 9.99. The predicted octanol–water partition coefficient (Wildman–Crippen LogP) is 15.0. The Bertz CT molecular complexity index is 1400. The standard InChI is InChI=1S/C63H111NO8/c1-3-5-7-9-11-13-15-17-19-21-23-25-27-28-29-30-31-33-35-37-39-41-43-45-47-49-51-53-59(67)64-56(55-71-63-62(70)61(69)60(68)58(54-65)72-63)57(66)52-50-48-46-44-42-40-38-36-34-32-26-24-22-20-18-16-14-12-10-8-6-4-2/h5,7,11,13,17,19,23,25,28-29,42,44,50,52,56-58,60-63,65-66,68-70H,3-4,6,8-10,12,14-16,18,20-22,24,26-27,30-41,43,45-49,51,53-55H2,1-2H3,(H,64,67)/b7-5-,13-11-,19-17-,25-23-,29-28-,44-42+,52-50+. The minimum Gasteiger partial charge on any atom is -0.394 e. The Hall–Kier alpha value is -2.63. The summed E-state index contributed by atoms with van der Waals surface area (Å²) in [4.78, 5) is 13.1. The van der Waals surface area contributed by atoms with Crippen molar-refractivity contribution in [1.29, 1.82) is 0 Å². The molecule has 7 unspecified atom stereocenters. The van der Waals surface area contributed by atoms with E-state index in [2.05, 4.69) is 92.1 Å². The lowest BCUT2D eigenvalue weighted by Gasteiger charge is -2.40. The molecule has 1 aliphatic heterocycles. The molecule has 1 saturated heterocycles. The van der Waals surface area contributed by atoms with Crippen LogP contribution in [0.25, 0.3) is 0 Å². The second-order valence-corrected chi connectivity index (χ2v) is 20.4. The third-order valence-corrected chi connectivity index (χ3v) is 13.7.